The van der Waals surface area contributed by atoms with Gasteiger partial charge in [0.1, 0.15) is 0 Å². The van der Waals surface area contributed by atoms with Gasteiger partial charge in [0, 0.05) is 11.1 Å². The van der Waals surface area contributed by atoms with Crippen LogP contribution < -0.4 is 9.05 Å². The van der Waals surface area contributed by atoms with E-state index in [2.05, 4.69) is 0 Å². The van der Waals surface area contributed by atoms with Crippen molar-refractivity contribution in [2.75, 3.05) is 0 Å². The fourth-order valence-electron chi connectivity index (χ4n) is 2.17. The van der Waals surface area contributed by atoms with Crippen molar-refractivity contribution in [1.29, 1.82) is 0 Å². The van der Waals surface area contributed by atoms with E-state index in [4.69, 9.17) is 9.05 Å². The summed E-state index contributed by atoms with van der Waals surface area (Å²) in [5.41, 5.74) is 1.38. The Labute approximate surface area is 114 Å². The molecule has 0 aliphatic carbocycles. The van der Waals surface area contributed by atoms with Gasteiger partial charge < -0.3 is 9.05 Å². The van der Waals surface area contributed by atoms with Gasteiger partial charge in [-0.2, -0.15) is 0 Å². The van der Waals surface area contributed by atoms with Crippen LogP contribution in [-0.2, 0) is 15.4 Å². The lowest BCUT2D eigenvalue weighted by atomic mass is 9.81. The number of benzene rings is 1. The lowest BCUT2D eigenvalue weighted by Crippen LogP contribution is -2.15. The van der Waals surface area contributed by atoms with Crippen LogP contribution in [0.2, 0.25) is 0 Å². The normalized spacial score (nSPS) is 17.6. The Bertz CT molecular complexity index is 517. The molecule has 0 saturated carbocycles. The highest BCUT2D eigenvalue weighted by molar-refractivity contribution is 7.48. The minimum absolute atomic E-state index is 0.186. The van der Waals surface area contributed by atoms with Gasteiger partial charge in [0.2, 0.25) is 0 Å². The molecule has 106 valence electrons. The van der Waals surface area contributed by atoms with Crippen molar-refractivity contribution in [1.82, 2.24) is 0 Å². The highest BCUT2D eigenvalue weighted by Crippen LogP contribution is 2.60. The van der Waals surface area contributed by atoms with E-state index in [-0.39, 0.29) is 10.8 Å². The van der Waals surface area contributed by atoms with E-state index in [9.17, 15) is 9.46 Å². The lowest BCUT2D eigenvalue weighted by molar-refractivity contribution is 0.321. The Morgan fingerprint density at radius 3 is 1.47 bits per heavy atom. The van der Waals surface area contributed by atoms with Crippen molar-refractivity contribution < 1.29 is 18.5 Å². The number of fused-ring (bicyclic) bond motifs is 1. The van der Waals surface area contributed by atoms with Gasteiger partial charge in [0.05, 0.1) is 0 Å². The molecule has 2 rings (SSSR count). The van der Waals surface area contributed by atoms with Crippen LogP contribution in [0.5, 0.6) is 11.5 Å². The van der Waals surface area contributed by atoms with E-state index in [0.717, 1.165) is 11.1 Å². The fraction of sp³-hybridized carbons (Fsp3) is 0.571. The predicted octanol–water partition coefficient (Wildman–Crippen LogP) is 4.15. The monoisotopic (exact) mass is 284 g/mol. The molecule has 0 spiro atoms. The fourth-order valence-corrected chi connectivity index (χ4v) is 3.04. The van der Waals surface area contributed by atoms with Crippen molar-refractivity contribution in [2.24, 2.45) is 0 Å². The molecule has 1 aromatic carbocycles. The second-order valence-corrected chi connectivity index (χ2v) is 8.27. The minimum Gasteiger partial charge on any atom is -0.391 e. The summed E-state index contributed by atoms with van der Waals surface area (Å²) in [6.45, 7) is 12.2. The first-order valence-corrected chi connectivity index (χ1v) is 7.81. The van der Waals surface area contributed by atoms with Gasteiger partial charge in [-0.25, -0.2) is 4.57 Å². The molecule has 0 amide bonds. The summed E-state index contributed by atoms with van der Waals surface area (Å²) in [4.78, 5) is 9.61. The van der Waals surface area contributed by atoms with E-state index >= 15 is 0 Å². The van der Waals surface area contributed by atoms with Crippen LogP contribution in [0.3, 0.4) is 0 Å². The van der Waals surface area contributed by atoms with Crippen LogP contribution in [0.1, 0.15) is 52.7 Å². The van der Waals surface area contributed by atoms with E-state index < -0.39 is 7.82 Å². The van der Waals surface area contributed by atoms with Gasteiger partial charge in [-0.1, -0.05) is 53.7 Å². The number of phosphoric ester groups is 1. The van der Waals surface area contributed by atoms with Gasteiger partial charge in [-0.3, -0.25) is 4.89 Å². The summed E-state index contributed by atoms with van der Waals surface area (Å²) in [5.74, 6) is 0.816. The van der Waals surface area contributed by atoms with Crippen molar-refractivity contribution in [3.8, 4) is 11.5 Å². The molecule has 1 N–H and O–H groups in total. The number of rotatable bonds is 0. The number of hydrogen-bond donors (Lipinski definition) is 1. The van der Waals surface area contributed by atoms with Crippen LogP contribution in [0.4, 0.5) is 0 Å². The zero-order valence-corrected chi connectivity index (χ0v) is 13.2. The van der Waals surface area contributed by atoms with Crippen molar-refractivity contribution >= 4 is 7.82 Å². The summed E-state index contributed by atoms with van der Waals surface area (Å²) in [6, 6.07) is 3.90. The summed E-state index contributed by atoms with van der Waals surface area (Å²) < 4.78 is 22.1. The maximum atomic E-state index is 11.7. The zero-order valence-electron chi connectivity index (χ0n) is 12.3. The zero-order chi connectivity index (χ0) is 14.6. The Balaban J connectivity index is 2.70. The smallest absolute Gasteiger partial charge is 0.391 e. The van der Waals surface area contributed by atoms with Crippen LogP contribution in [-0.4, -0.2) is 4.89 Å². The number of phosphoric acid groups is 1. The topological polar surface area (TPSA) is 55.8 Å². The first-order chi connectivity index (χ1) is 8.42. The number of hydrogen-bond acceptors (Lipinski definition) is 3. The first-order valence-electron chi connectivity index (χ1n) is 6.32. The lowest BCUT2D eigenvalue weighted by Gasteiger charge is -2.25. The van der Waals surface area contributed by atoms with Crippen LogP contribution in [0.15, 0.2) is 12.1 Å². The molecule has 0 fully saturated rings. The first kappa shape index (κ1) is 14.4. The van der Waals surface area contributed by atoms with Gasteiger partial charge in [-0.15, -0.1) is 0 Å². The quantitative estimate of drug-likeness (QED) is 0.727. The molecular weight excluding hydrogens is 263 g/mol. The van der Waals surface area contributed by atoms with Gasteiger partial charge in [0.25, 0.3) is 0 Å². The minimum atomic E-state index is -4.02. The van der Waals surface area contributed by atoms with E-state index in [0.29, 0.717) is 11.5 Å². The Kier molecular flexibility index (Phi) is 3.04. The van der Waals surface area contributed by atoms with Crippen LogP contribution >= 0.6 is 7.82 Å². The Hall–Kier alpha value is -0.990. The van der Waals surface area contributed by atoms with E-state index in [1.807, 2.05) is 53.7 Å². The van der Waals surface area contributed by atoms with Gasteiger partial charge in [0.15, 0.2) is 11.5 Å². The molecule has 1 aliphatic heterocycles. The molecule has 0 bridgehead atoms. The van der Waals surface area contributed by atoms with Gasteiger partial charge >= 0.3 is 7.82 Å². The molecule has 0 unspecified atom stereocenters. The maximum absolute atomic E-state index is 11.7. The Morgan fingerprint density at radius 1 is 0.895 bits per heavy atom. The molecule has 0 atom stereocenters. The SMILES string of the molecule is CC(C)(C)c1ccc(C(C)(C)C)c2c1OP(=O)(O)O2. The third-order valence-corrected chi connectivity index (χ3v) is 3.97. The van der Waals surface area contributed by atoms with Crippen molar-refractivity contribution in [3.63, 3.8) is 0 Å². The van der Waals surface area contributed by atoms with Crippen molar-refractivity contribution in [3.05, 3.63) is 23.3 Å². The molecule has 0 radical (unpaired) electrons. The summed E-state index contributed by atoms with van der Waals surface area (Å²) in [5, 5.41) is 0. The average molecular weight is 284 g/mol. The summed E-state index contributed by atoms with van der Waals surface area (Å²) >= 11 is 0. The third-order valence-electron chi connectivity index (χ3n) is 3.14. The van der Waals surface area contributed by atoms with E-state index in [1.165, 1.54) is 0 Å². The largest absolute Gasteiger partial charge is 0.585 e. The average Bonchev–Trinajstić information content (AvgIpc) is 2.46. The van der Waals surface area contributed by atoms with E-state index in [1.54, 1.807) is 0 Å². The molecule has 0 aromatic heterocycles. The molecule has 1 heterocycles. The van der Waals surface area contributed by atoms with Crippen LogP contribution in [0, 0.1) is 0 Å². The molecule has 0 saturated heterocycles. The standard InChI is InChI=1S/C14H21O4P/c1-13(2,3)9-7-8-10(14(4,5)6)12-11(9)17-19(15,16)18-12/h7-8H,1-6H3,(H,15,16). The summed E-state index contributed by atoms with van der Waals surface area (Å²) in [7, 11) is -4.02. The highest BCUT2D eigenvalue weighted by atomic mass is 31.2. The summed E-state index contributed by atoms with van der Waals surface area (Å²) in [6.07, 6.45) is 0. The molecular formula is C14H21O4P. The third kappa shape index (κ3) is 2.65. The predicted molar refractivity (Wildman–Crippen MR) is 74.9 cm³/mol. The second-order valence-electron chi connectivity index (χ2n) is 6.97. The maximum Gasteiger partial charge on any atom is 0.585 e. The molecule has 5 heteroatoms. The molecule has 1 aliphatic rings. The molecule has 4 nitrogen and oxygen atoms in total. The second kappa shape index (κ2) is 4.00. The Morgan fingerprint density at radius 2 is 1.21 bits per heavy atom. The van der Waals surface area contributed by atoms with Gasteiger partial charge in [-0.05, 0) is 10.8 Å². The van der Waals surface area contributed by atoms with Crippen LogP contribution in [0.25, 0.3) is 0 Å². The molecule has 1 aromatic rings. The molecule has 19 heavy (non-hydrogen) atoms. The highest BCUT2D eigenvalue weighted by Gasteiger charge is 2.41. The van der Waals surface area contributed by atoms with Crippen molar-refractivity contribution in [2.45, 2.75) is 52.4 Å².